The van der Waals surface area contributed by atoms with Gasteiger partial charge in [0, 0.05) is 17.4 Å². The van der Waals surface area contributed by atoms with E-state index in [0.29, 0.717) is 23.0 Å². The van der Waals surface area contributed by atoms with Crippen molar-refractivity contribution in [3.63, 3.8) is 0 Å². The number of hydrogen-bond acceptors (Lipinski definition) is 3. The van der Waals surface area contributed by atoms with Crippen LogP contribution >= 0.6 is 0 Å². The standard InChI is InChI=1S/C20H21F3N2O2/c1-11(26)9-17-16(19(24)27)10-13-3-2-4-15(18(13)25-17)12-5-7-14(8-6-12)20(21,22)23/h2-5,10-11,14,26H,6-9H2,1H3,(H2,24,27)/t11-,14?/m0/s1. The molecule has 1 aromatic carbocycles. The molecular formula is C20H21F3N2O2. The van der Waals surface area contributed by atoms with Crippen molar-refractivity contribution < 1.29 is 23.1 Å². The van der Waals surface area contributed by atoms with Gasteiger partial charge in [-0.25, -0.2) is 0 Å². The zero-order valence-electron chi connectivity index (χ0n) is 14.9. The number of pyridine rings is 1. The Morgan fingerprint density at radius 1 is 1.41 bits per heavy atom. The molecule has 2 aromatic rings. The van der Waals surface area contributed by atoms with Gasteiger partial charge < -0.3 is 10.8 Å². The van der Waals surface area contributed by atoms with E-state index in [-0.39, 0.29) is 24.8 Å². The number of para-hydroxylation sites is 1. The monoisotopic (exact) mass is 378 g/mol. The minimum atomic E-state index is -4.18. The highest BCUT2D eigenvalue weighted by Gasteiger charge is 2.39. The molecule has 1 aliphatic rings. The number of carbonyl (C=O) groups is 1. The summed E-state index contributed by atoms with van der Waals surface area (Å²) < 4.78 is 38.7. The Bertz CT molecular complexity index is 904. The first-order valence-electron chi connectivity index (χ1n) is 8.83. The lowest BCUT2D eigenvalue weighted by Gasteiger charge is -2.24. The second kappa shape index (κ2) is 7.31. The molecule has 27 heavy (non-hydrogen) atoms. The number of aromatic nitrogens is 1. The number of benzene rings is 1. The lowest BCUT2D eigenvalue weighted by Crippen LogP contribution is -2.24. The fourth-order valence-corrected chi connectivity index (χ4v) is 3.52. The fourth-order valence-electron chi connectivity index (χ4n) is 3.52. The van der Waals surface area contributed by atoms with Gasteiger partial charge in [-0.1, -0.05) is 24.3 Å². The van der Waals surface area contributed by atoms with Crippen molar-refractivity contribution in [3.05, 3.63) is 47.2 Å². The first-order chi connectivity index (χ1) is 12.7. The van der Waals surface area contributed by atoms with Crippen molar-refractivity contribution in [2.45, 2.75) is 44.9 Å². The van der Waals surface area contributed by atoms with E-state index < -0.39 is 24.1 Å². The van der Waals surface area contributed by atoms with Crippen molar-refractivity contribution in [1.82, 2.24) is 4.98 Å². The molecule has 1 aliphatic carbocycles. The maximum Gasteiger partial charge on any atom is 0.392 e. The SMILES string of the molecule is C[C@H](O)Cc1nc2c(C3=CCC(C(F)(F)F)CC3)cccc2cc1C(N)=O. The van der Waals surface area contributed by atoms with E-state index in [1.54, 1.807) is 31.2 Å². The van der Waals surface area contributed by atoms with Crippen molar-refractivity contribution in [2.24, 2.45) is 11.7 Å². The van der Waals surface area contributed by atoms with Gasteiger partial charge in [0.15, 0.2) is 0 Å². The van der Waals surface area contributed by atoms with Gasteiger partial charge in [-0.2, -0.15) is 13.2 Å². The van der Waals surface area contributed by atoms with Crippen LogP contribution in [0.5, 0.6) is 0 Å². The highest BCUT2D eigenvalue weighted by molar-refractivity contribution is 5.99. The van der Waals surface area contributed by atoms with E-state index in [1.807, 2.05) is 6.07 Å². The van der Waals surface area contributed by atoms with E-state index >= 15 is 0 Å². The number of aliphatic hydroxyl groups is 1. The zero-order valence-corrected chi connectivity index (χ0v) is 14.9. The Balaban J connectivity index is 2.07. The number of hydrogen-bond donors (Lipinski definition) is 2. The number of nitrogens with zero attached hydrogens (tertiary/aromatic N) is 1. The van der Waals surface area contributed by atoms with Gasteiger partial charge in [-0.15, -0.1) is 0 Å². The van der Waals surface area contributed by atoms with Gasteiger partial charge in [0.2, 0.25) is 0 Å². The minimum absolute atomic E-state index is 0.0465. The molecule has 1 heterocycles. The summed E-state index contributed by atoms with van der Waals surface area (Å²) in [5.41, 5.74) is 8.27. The third-order valence-electron chi connectivity index (χ3n) is 4.90. The van der Waals surface area contributed by atoms with Gasteiger partial charge in [0.1, 0.15) is 0 Å². The number of rotatable bonds is 4. The molecule has 4 nitrogen and oxygen atoms in total. The van der Waals surface area contributed by atoms with Crippen LogP contribution in [0.2, 0.25) is 0 Å². The second-order valence-corrected chi connectivity index (χ2v) is 7.02. The summed E-state index contributed by atoms with van der Waals surface area (Å²) in [5, 5.41) is 10.4. The summed E-state index contributed by atoms with van der Waals surface area (Å²) >= 11 is 0. The molecule has 7 heteroatoms. The number of allylic oxidation sites excluding steroid dienone is 2. The normalized spacial score (nSPS) is 19.0. The topological polar surface area (TPSA) is 76.2 Å². The molecule has 0 saturated heterocycles. The molecule has 144 valence electrons. The van der Waals surface area contributed by atoms with Crippen LogP contribution in [-0.2, 0) is 6.42 Å². The molecule has 0 radical (unpaired) electrons. The van der Waals surface area contributed by atoms with Crippen LogP contribution in [-0.4, -0.2) is 28.3 Å². The number of primary amides is 1. The molecule has 1 unspecified atom stereocenters. The Labute approximate surface area is 154 Å². The van der Waals surface area contributed by atoms with Crippen molar-refractivity contribution >= 4 is 22.4 Å². The van der Waals surface area contributed by atoms with Crippen LogP contribution in [0.4, 0.5) is 13.2 Å². The van der Waals surface area contributed by atoms with Crippen LogP contribution in [0, 0.1) is 5.92 Å². The lowest BCUT2D eigenvalue weighted by atomic mass is 9.85. The predicted molar refractivity (Wildman–Crippen MR) is 97.0 cm³/mol. The molecule has 0 fully saturated rings. The van der Waals surface area contributed by atoms with Crippen molar-refractivity contribution in [1.29, 1.82) is 0 Å². The van der Waals surface area contributed by atoms with Crippen molar-refractivity contribution in [3.8, 4) is 0 Å². The van der Waals surface area contributed by atoms with Crippen molar-refractivity contribution in [2.75, 3.05) is 0 Å². The molecule has 3 rings (SSSR count). The van der Waals surface area contributed by atoms with Crippen LogP contribution in [0.1, 0.15) is 47.8 Å². The molecule has 3 N–H and O–H groups in total. The summed E-state index contributed by atoms with van der Waals surface area (Å²) in [7, 11) is 0. The average molecular weight is 378 g/mol. The Kier molecular flexibility index (Phi) is 5.24. The molecule has 0 spiro atoms. The third kappa shape index (κ3) is 4.13. The molecule has 1 aromatic heterocycles. The maximum absolute atomic E-state index is 12.9. The first-order valence-corrected chi connectivity index (χ1v) is 8.83. The quantitative estimate of drug-likeness (QED) is 0.844. The number of aliphatic hydroxyl groups excluding tert-OH is 1. The Morgan fingerprint density at radius 2 is 2.15 bits per heavy atom. The number of fused-ring (bicyclic) bond motifs is 1. The molecule has 1 amide bonds. The number of nitrogens with two attached hydrogens (primary N) is 1. The van der Waals surface area contributed by atoms with Gasteiger partial charge >= 0.3 is 6.18 Å². The molecule has 0 saturated carbocycles. The zero-order chi connectivity index (χ0) is 19.8. The van der Waals surface area contributed by atoms with E-state index in [9.17, 15) is 23.1 Å². The van der Waals surface area contributed by atoms with Gasteiger partial charge in [0.05, 0.1) is 28.8 Å². The maximum atomic E-state index is 12.9. The lowest BCUT2D eigenvalue weighted by molar-refractivity contribution is -0.175. The van der Waals surface area contributed by atoms with E-state index in [4.69, 9.17) is 5.73 Å². The molecule has 0 bridgehead atoms. The summed E-state index contributed by atoms with van der Waals surface area (Å²) in [6.07, 6.45) is -2.78. The summed E-state index contributed by atoms with van der Waals surface area (Å²) in [6.45, 7) is 1.59. The van der Waals surface area contributed by atoms with E-state index in [0.717, 1.165) is 11.1 Å². The third-order valence-corrected chi connectivity index (χ3v) is 4.90. The van der Waals surface area contributed by atoms with Gasteiger partial charge in [0.25, 0.3) is 5.91 Å². The van der Waals surface area contributed by atoms with Crippen LogP contribution in [0.15, 0.2) is 30.3 Å². The number of carbonyl (C=O) groups excluding carboxylic acids is 1. The largest absolute Gasteiger partial charge is 0.393 e. The van der Waals surface area contributed by atoms with E-state index in [2.05, 4.69) is 4.98 Å². The average Bonchev–Trinajstić information content (AvgIpc) is 2.59. The van der Waals surface area contributed by atoms with Crippen LogP contribution in [0.25, 0.3) is 16.5 Å². The summed E-state index contributed by atoms with van der Waals surface area (Å²) in [6, 6.07) is 7.03. The smallest absolute Gasteiger partial charge is 0.392 e. The van der Waals surface area contributed by atoms with E-state index in [1.165, 1.54) is 0 Å². The van der Waals surface area contributed by atoms with Crippen LogP contribution in [0.3, 0.4) is 0 Å². The summed E-state index contributed by atoms with van der Waals surface area (Å²) in [4.78, 5) is 16.3. The van der Waals surface area contributed by atoms with Gasteiger partial charge in [-0.3, -0.25) is 9.78 Å². The number of amides is 1. The molecular weight excluding hydrogens is 357 g/mol. The number of alkyl halides is 3. The Morgan fingerprint density at radius 3 is 2.70 bits per heavy atom. The highest BCUT2D eigenvalue weighted by atomic mass is 19.4. The van der Waals surface area contributed by atoms with Crippen LogP contribution < -0.4 is 5.73 Å². The predicted octanol–water partition coefficient (Wildman–Crippen LogP) is 4.00. The second-order valence-electron chi connectivity index (χ2n) is 7.02. The summed E-state index contributed by atoms with van der Waals surface area (Å²) in [5.74, 6) is -1.94. The fraction of sp³-hybridized carbons (Fsp3) is 0.400. The molecule has 0 aliphatic heterocycles. The number of halogens is 3. The van der Waals surface area contributed by atoms with Gasteiger partial charge in [-0.05, 0) is 37.8 Å². The Hall–Kier alpha value is -2.41. The molecule has 2 atom stereocenters. The minimum Gasteiger partial charge on any atom is -0.393 e. The first kappa shape index (κ1) is 19.4. The highest BCUT2D eigenvalue weighted by Crippen LogP contribution is 2.40.